The molecular weight excluding hydrogens is 502 g/mol. The summed E-state index contributed by atoms with van der Waals surface area (Å²) in [6.45, 7) is 4.95. The Morgan fingerprint density at radius 2 is 1.64 bits per heavy atom. The molecule has 10 heteroatoms. The van der Waals surface area contributed by atoms with E-state index >= 15 is 0 Å². The fraction of sp³-hybridized carbons (Fsp3) is 0.310. The molecule has 0 radical (unpaired) electrons. The topological polar surface area (TPSA) is 111 Å². The van der Waals surface area contributed by atoms with Crippen molar-refractivity contribution in [3.05, 3.63) is 88.5 Å². The molecule has 0 spiro atoms. The van der Waals surface area contributed by atoms with Gasteiger partial charge in [0.2, 0.25) is 5.91 Å². The number of hydrogen-bond donors (Lipinski definition) is 0. The SMILES string of the molecule is CCCCOc1ccc([C@H]2[C@H]3C(=O)N(c4ccc([N+](=O)[O-])cc4)C(=O)[C@H]3ON2c2ccccc2)cc1OCC. The van der Waals surface area contributed by atoms with Crippen LogP contribution in [0.5, 0.6) is 11.5 Å². The van der Waals surface area contributed by atoms with Crippen LogP contribution in [0.25, 0.3) is 0 Å². The van der Waals surface area contributed by atoms with Gasteiger partial charge in [0.05, 0.1) is 35.6 Å². The Hall–Kier alpha value is -4.44. The first-order chi connectivity index (χ1) is 18.9. The summed E-state index contributed by atoms with van der Waals surface area (Å²) >= 11 is 0. The Bertz CT molecular complexity index is 1360. The molecule has 2 heterocycles. The van der Waals surface area contributed by atoms with Crippen LogP contribution < -0.4 is 19.4 Å². The minimum absolute atomic E-state index is 0.132. The van der Waals surface area contributed by atoms with Crippen LogP contribution >= 0.6 is 0 Å². The van der Waals surface area contributed by atoms with Gasteiger partial charge < -0.3 is 9.47 Å². The molecule has 3 aromatic carbocycles. The highest BCUT2D eigenvalue weighted by Crippen LogP contribution is 2.48. The van der Waals surface area contributed by atoms with Crippen molar-refractivity contribution < 1.29 is 28.8 Å². The van der Waals surface area contributed by atoms with Crippen molar-refractivity contribution in [2.75, 3.05) is 23.2 Å². The Morgan fingerprint density at radius 1 is 0.897 bits per heavy atom. The molecule has 2 amide bonds. The molecule has 3 aromatic rings. The zero-order valence-electron chi connectivity index (χ0n) is 21.7. The number of nitro groups is 1. The maximum atomic E-state index is 13.8. The van der Waals surface area contributed by atoms with E-state index in [-0.39, 0.29) is 11.4 Å². The molecule has 2 aliphatic rings. The zero-order chi connectivity index (χ0) is 27.5. The number of hydrogen-bond acceptors (Lipinski definition) is 8. The van der Waals surface area contributed by atoms with E-state index in [2.05, 4.69) is 6.92 Å². The summed E-state index contributed by atoms with van der Waals surface area (Å²) in [6.07, 6.45) is 0.844. The van der Waals surface area contributed by atoms with E-state index in [1.54, 1.807) is 5.06 Å². The van der Waals surface area contributed by atoms with E-state index in [0.29, 0.717) is 30.4 Å². The quantitative estimate of drug-likeness (QED) is 0.151. The number of unbranched alkanes of at least 4 members (excludes halogenated alkanes) is 1. The summed E-state index contributed by atoms with van der Waals surface area (Å²) in [7, 11) is 0. The first-order valence-corrected chi connectivity index (χ1v) is 13.0. The normalized spacial score (nSPS) is 20.3. The number of nitro benzene ring substituents is 1. The van der Waals surface area contributed by atoms with Crippen molar-refractivity contribution >= 4 is 28.9 Å². The second kappa shape index (κ2) is 11.1. The average molecular weight is 532 g/mol. The van der Waals surface area contributed by atoms with Crippen molar-refractivity contribution in [3.63, 3.8) is 0 Å². The molecule has 5 rings (SSSR count). The summed E-state index contributed by atoms with van der Waals surface area (Å²) < 4.78 is 11.8. The molecule has 0 unspecified atom stereocenters. The largest absolute Gasteiger partial charge is 0.490 e. The highest BCUT2D eigenvalue weighted by molar-refractivity contribution is 6.24. The lowest BCUT2D eigenvalue weighted by atomic mass is 9.90. The van der Waals surface area contributed by atoms with Crippen LogP contribution in [-0.4, -0.2) is 36.1 Å². The van der Waals surface area contributed by atoms with Gasteiger partial charge in [-0.3, -0.25) is 24.5 Å². The highest BCUT2D eigenvalue weighted by atomic mass is 16.7. The number of imide groups is 1. The van der Waals surface area contributed by atoms with Crippen LogP contribution in [0.15, 0.2) is 72.8 Å². The maximum absolute atomic E-state index is 13.8. The van der Waals surface area contributed by atoms with Crippen LogP contribution in [0.3, 0.4) is 0 Å². The van der Waals surface area contributed by atoms with E-state index < -0.39 is 34.8 Å². The van der Waals surface area contributed by atoms with Gasteiger partial charge in [-0.2, -0.15) is 0 Å². The molecular formula is C29H29N3O7. The summed E-state index contributed by atoms with van der Waals surface area (Å²) in [5.74, 6) is -0.659. The molecule has 0 aromatic heterocycles. The molecule has 2 saturated heterocycles. The van der Waals surface area contributed by atoms with Crippen molar-refractivity contribution in [1.29, 1.82) is 0 Å². The lowest BCUT2D eigenvalue weighted by Gasteiger charge is -2.29. The standard InChI is InChI=1S/C29H29N3O7/c1-3-5-17-38-23-16-11-19(18-24(23)37-4-2)26-25-27(39-31(26)21-9-7-6-8-10-21)29(34)30(28(25)33)20-12-14-22(15-13-20)32(35)36/h6-16,18,25-27H,3-5,17H2,1-2H3/t25-,26+,27+/m1/s1. The first kappa shape index (κ1) is 26.2. The molecule has 2 aliphatic heterocycles. The van der Waals surface area contributed by atoms with Gasteiger partial charge in [0.1, 0.15) is 5.92 Å². The molecule has 0 saturated carbocycles. The van der Waals surface area contributed by atoms with Gasteiger partial charge >= 0.3 is 0 Å². The Kier molecular flexibility index (Phi) is 7.47. The van der Waals surface area contributed by atoms with Gasteiger partial charge in [0, 0.05) is 12.1 Å². The summed E-state index contributed by atoms with van der Waals surface area (Å²) in [6, 6.07) is 19.5. The lowest BCUT2D eigenvalue weighted by molar-refractivity contribution is -0.384. The fourth-order valence-corrected chi connectivity index (χ4v) is 4.95. The minimum atomic E-state index is -1.06. The smallest absolute Gasteiger partial charge is 0.269 e. The van der Waals surface area contributed by atoms with Gasteiger partial charge in [-0.05, 0) is 55.3 Å². The van der Waals surface area contributed by atoms with Crippen LogP contribution in [0, 0.1) is 16.0 Å². The van der Waals surface area contributed by atoms with Gasteiger partial charge in [-0.15, -0.1) is 0 Å². The van der Waals surface area contributed by atoms with Gasteiger partial charge in [-0.1, -0.05) is 37.6 Å². The van der Waals surface area contributed by atoms with E-state index in [1.807, 2.05) is 55.5 Å². The summed E-state index contributed by atoms with van der Waals surface area (Å²) in [4.78, 5) is 45.1. The molecule has 39 heavy (non-hydrogen) atoms. The van der Waals surface area contributed by atoms with E-state index in [0.717, 1.165) is 23.3 Å². The zero-order valence-corrected chi connectivity index (χ0v) is 21.7. The Balaban J connectivity index is 1.53. The number of ether oxygens (including phenoxy) is 2. The third kappa shape index (κ3) is 4.90. The second-order valence-corrected chi connectivity index (χ2v) is 9.28. The molecule has 10 nitrogen and oxygen atoms in total. The van der Waals surface area contributed by atoms with E-state index in [1.165, 1.54) is 24.3 Å². The first-order valence-electron chi connectivity index (χ1n) is 13.0. The molecule has 3 atom stereocenters. The molecule has 0 aliphatic carbocycles. The number of carbonyl (C=O) groups is 2. The van der Waals surface area contributed by atoms with Crippen LogP contribution in [0.1, 0.15) is 38.3 Å². The second-order valence-electron chi connectivity index (χ2n) is 9.28. The third-order valence-corrected chi connectivity index (χ3v) is 6.81. The van der Waals surface area contributed by atoms with E-state index in [4.69, 9.17) is 14.3 Å². The van der Waals surface area contributed by atoms with Gasteiger partial charge in [-0.25, -0.2) is 9.96 Å². The van der Waals surface area contributed by atoms with Crippen LogP contribution in [0.2, 0.25) is 0 Å². The molecule has 202 valence electrons. The maximum Gasteiger partial charge on any atom is 0.269 e. The van der Waals surface area contributed by atoms with Crippen molar-refractivity contribution in [3.8, 4) is 11.5 Å². The number of rotatable bonds is 10. The fourth-order valence-electron chi connectivity index (χ4n) is 4.95. The summed E-state index contributed by atoms with van der Waals surface area (Å²) in [5, 5.41) is 12.7. The van der Waals surface area contributed by atoms with Crippen molar-refractivity contribution in [2.45, 2.75) is 38.8 Å². The number of nitrogens with zero attached hydrogens (tertiary/aromatic N) is 3. The predicted molar refractivity (Wildman–Crippen MR) is 144 cm³/mol. The predicted octanol–water partition coefficient (Wildman–Crippen LogP) is 5.22. The van der Waals surface area contributed by atoms with Crippen molar-refractivity contribution in [1.82, 2.24) is 0 Å². The van der Waals surface area contributed by atoms with Gasteiger partial charge in [0.25, 0.3) is 11.6 Å². The lowest BCUT2D eigenvalue weighted by Crippen LogP contribution is -2.37. The Morgan fingerprint density at radius 3 is 2.31 bits per heavy atom. The van der Waals surface area contributed by atoms with Gasteiger partial charge in [0.15, 0.2) is 17.6 Å². The van der Waals surface area contributed by atoms with E-state index in [9.17, 15) is 19.7 Å². The number of carbonyl (C=O) groups excluding carboxylic acids is 2. The Labute approximate surface area is 225 Å². The number of amides is 2. The number of fused-ring (bicyclic) bond motifs is 1. The number of para-hydroxylation sites is 1. The third-order valence-electron chi connectivity index (χ3n) is 6.81. The molecule has 2 fully saturated rings. The molecule has 0 bridgehead atoms. The van der Waals surface area contributed by atoms with Crippen molar-refractivity contribution in [2.24, 2.45) is 5.92 Å². The number of non-ortho nitro benzene ring substituents is 1. The average Bonchev–Trinajstić information content (AvgIpc) is 3.46. The monoisotopic (exact) mass is 531 g/mol. The number of hydroxylamine groups is 1. The minimum Gasteiger partial charge on any atom is -0.490 e. The molecule has 0 N–H and O–H groups in total. The van der Waals surface area contributed by atoms with Crippen LogP contribution in [-0.2, 0) is 14.4 Å². The van der Waals surface area contributed by atoms with Crippen LogP contribution in [0.4, 0.5) is 17.1 Å². The number of anilines is 2. The number of benzene rings is 3. The highest BCUT2D eigenvalue weighted by Gasteiger charge is 2.60. The summed E-state index contributed by atoms with van der Waals surface area (Å²) in [5.41, 5.74) is 1.55.